The van der Waals surface area contributed by atoms with Gasteiger partial charge in [-0.2, -0.15) is 0 Å². The summed E-state index contributed by atoms with van der Waals surface area (Å²) in [6.45, 7) is 1.70. The van der Waals surface area contributed by atoms with Crippen LogP contribution in [0.1, 0.15) is 30.1 Å². The Labute approximate surface area is 176 Å². The third-order valence-corrected chi connectivity index (χ3v) is 6.53. The summed E-state index contributed by atoms with van der Waals surface area (Å²) in [5.41, 5.74) is 1.66. The normalized spacial score (nSPS) is 14.8. The van der Waals surface area contributed by atoms with Crippen molar-refractivity contribution in [1.82, 2.24) is 9.62 Å². The number of benzene rings is 2. The third-order valence-electron chi connectivity index (χ3n) is 4.72. The third kappa shape index (κ3) is 5.37. The average molecular weight is 431 g/mol. The van der Waals surface area contributed by atoms with E-state index in [-0.39, 0.29) is 16.7 Å². The predicted octanol–water partition coefficient (Wildman–Crippen LogP) is 2.27. The minimum absolute atomic E-state index is 0.0950. The molecule has 0 spiro atoms. The molecular formula is C21H26N4O4S. The summed E-state index contributed by atoms with van der Waals surface area (Å²) in [4.78, 5) is 24.7. The largest absolute Gasteiger partial charge is 0.374 e. The van der Waals surface area contributed by atoms with E-state index in [1.807, 2.05) is 0 Å². The van der Waals surface area contributed by atoms with Gasteiger partial charge in [-0.15, -0.1) is 0 Å². The lowest BCUT2D eigenvalue weighted by atomic mass is 10.1. The Morgan fingerprint density at radius 3 is 2.30 bits per heavy atom. The van der Waals surface area contributed by atoms with Crippen molar-refractivity contribution in [2.24, 2.45) is 0 Å². The van der Waals surface area contributed by atoms with Crippen LogP contribution in [-0.4, -0.2) is 50.7 Å². The Hall–Kier alpha value is -2.91. The number of anilines is 2. The molecule has 0 aromatic heterocycles. The summed E-state index contributed by atoms with van der Waals surface area (Å²) in [5, 5.41) is 8.73. The summed E-state index contributed by atoms with van der Waals surface area (Å²) >= 11 is 0. The molecule has 1 saturated carbocycles. The van der Waals surface area contributed by atoms with Crippen LogP contribution in [0.5, 0.6) is 0 Å². The first kappa shape index (κ1) is 21.8. The molecule has 3 rings (SSSR count). The first-order valence-electron chi connectivity index (χ1n) is 9.68. The van der Waals surface area contributed by atoms with E-state index in [2.05, 4.69) is 16.0 Å². The molecule has 0 radical (unpaired) electrons. The van der Waals surface area contributed by atoms with Crippen LogP contribution in [0.25, 0.3) is 0 Å². The molecule has 2 aromatic rings. The molecule has 3 N–H and O–H groups in total. The molecule has 1 unspecified atom stereocenters. The van der Waals surface area contributed by atoms with Gasteiger partial charge in [0.25, 0.3) is 5.91 Å². The number of rotatable bonds is 8. The van der Waals surface area contributed by atoms with Crippen molar-refractivity contribution in [1.29, 1.82) is 0 Å². The van der Waals surface area contributed by atoms with Crippen LogP contribution >= 0.6 is 0 Å². The zero-order valence-electron chi connectivity index (χ0n) is 17.2. The molecule has 8 nitrogen and oxygen atoms in total. The molecule has 30 heavy (non-hydrogen) atoms. The molecule has 1 aliphatic carbocycles. The van der Waals surface area contributed by atoms with Gasteiger partial charge in [0.05, 0.1) is 4.90 Å². The van der Waals surface area contributed by atoms with Crippen molar-refractivity contribution in [2.45, 2.75) is 36.7 Å². The smallest absolute Gasteiger partial charge is 0.251 e. The first-order chi connectivity index (χ1) is 14.2. The van der Waals surface area contributed by atoms with E-state index in [4.69, 9.17) is 0 Å². The molecule has 160 valence electrons. The number of sulfonamides is 1. The fourth-order valence-electron chi connectivity index (χ4n) is 2.73. The van der Waals surface area contributed by atoms with Gasteiger partial charge in [-0.05, 0) is 62.2 Å². The van der Waals surface area contributed by atoms with Crippen molar-refractivity contribution in [3.05, 3.63) is 54.1 Å². The van der Waals surface area contributed by atoms with Crippen LogP contribution in [0.15, 0.2) is 53.4 Å². The van der Waals surface area contributed by atoms with E-state index in [9.17, 15) is 18.0 Å². The molecule has 0 saturated heterocycles. The highest BCUT2D eigenvalue weighted by molar-refractivity contribution is 7.89. The highest BCUT2D eigenvalue weighted by Gasteiger charge is 2.24. The number of amides is 2. The van der Waals surface area contributed by atoms with E-state index >= 15 is 0 Å². The van der Waals surface area contributed by atoms with Crippen LogP contribution in [0.3, 0.4) is 0 Å². The number of hydrogen-bond acceptors (Lipinski definition) is 5. The van der Waals surface area contributed by atoms with Gasteiger partial charge in [-0.25, -0.2) is 12.7 Å². The second-order valence-electron chi connectivity index (χ2n) is 7.50. The predicted molar refractivity (Wildman–Crippen MR) is 116 cm³/mol. The van der Waals surface area contributed by atoms with Crippen LogP contribution in [0, 0.1) is 0 Å². The Kier molecular flexibility index (Phi) is 6.42. The first-order valence-corrected chi connectivity index (χ1v) is 11.1. The Bertz CT molecular complexity index is 1030. The van der Waals surface area contributed by atoms with E-state index in [1.54, 1.807) is 43.3 Å². The monoisotopic (exact) mass is 430 g/mol. The molecule has 0 aliphatic heterocycles. The molecule has 1 aliphatic rings. The molecule has 9 heteroatoms. The number of carbonyl (C=O) groups is 2. The molecule has 0 heterocycles. The Balaban J connectivity index is 1.60. The maximum absolute atomic E-state index is 12.5. The van der Waals surface area contributed by atoms with Gasteiger partial charge in [-0.3, -0.25) is 9.59 Å². The van der Waals surface area contributed by atoms with Crippen molar-refractivity contribution >= 4 is 33.2 Å². The van der Waals surface area contributed by atoms with Gasteiger partial charge in [0.1, 0.15) is 6.04 Å². The molecular weight excluding hydrogens is 404 g/mol. The lowest BCUT2D eigenvalue weighted by Gasteiger charge is -2.17. The molecule has 2 amide bonds. The summed E-state index contributed by atoms with van der Waals surface area (Å²) < 4.78 is 25.6. The van der Waals surface area contributed by atoms with Crippen molar-refractivity contribution < 1.29 is 18.0 Å². The zero-order chi connectivity index (χ0) is 21.9. The number of nitrogens with one attached hydrogen (secondary N) is 3. The molecule has 1 atom stereocenters. The maximum Gasteiger partial charge on any atom is 0.251 e. The zero-order valence-corrected chi connectivity index (χ0v) is 18.0. The second-order valence-corrected chi connectivity index (χ2v) is 9.65. The van der Waals surface area contributed by atoms with Gasteiger partial charge in [0.15, 0.2) is 0 Å². The standard InChI is InChI=1S/C21H26N4O4S/c1-14(22-16-9-7-15(8-10-16)21(27)23-17-11-12-17)20(26)24-18-5-4-6-19(13-18)30(28,29)25(2)3/h4-10,13-14,17,22H,11-12H2,1-3H3,(H,23,27)(H,24,26). The lowest BCUT2D eigenvalue weighted by molar-refractivity contribution is -0.116. The second kappa shape index (κ2) is 8.85. The molecule has 1 fully saturated rings. The van der Waals surface area contributed by atoms with Gasteiger partial charge < -0.3 is 16.0 Å². The fourth-order valence-corrected chi connectivity index (χ4v) is 3.67. The number of carbonyl (C=O) groups excluding carboxylic acids is 2. The fraction of sp³-hybridized carbons (Fsp3) is 0.333. The van der Waals surface area contributed by atoms with E-state index in [0.717, 1.165) is 17.1 Å². The minimum Gasteiger partial charge on any atom is -0.374 e. The van der Waals surface area contributed by atoms with Gasteiger partial charge in [0.2, 0.25) is 15.9 Å². The molecule has 0 bridgehead atoms. The quantitative estimate of drug-likeness (QED) is 0.596. The Morgan fingerprint density at radius 2 is 1.70 bits per heavy atom. The Morgan fingerprint density at radius 1 is 1.03 bits per heavy atom. The van der Waals surface area contributed by atoms with Crippen LogP contribution < -0.4 is 16.0 Å². The van der Waals surface area contributed by atoms with Crippen LogP contribution in [0.2, 0.25) is 0 Å². The summed E-state index contributed by atoms with van der Waals surface area (Å²) in [6, 6.07) is 12.7. The highest BCUT2D eigenvalue weighted by Crippen LogP contribution is 2.20. The van der Waals surface area contributed by atoms with E-state index in [1.165, 1.54) is 26.2 Å². The number of nitrogens with zero attached hydrogens (tertiary/aromatic N) is 1. The average Bonchev–Trinajstić information content (AvgIpc) is 3.52. The maximum atomic E-state index is 12.5. The molecule has 2 aromatic carbocycles. The number of hydrogen-bond donors (Lipinski definition) is 3. The summed E-state index contributed by atoms with van der Waals surface area (Å²) in [5.74, 6) is -0.410. The minimum atomic E-state index is -3.59. The highest BCUT2D eigenvalue weighted by atomic mass is 32.2. The van der Waals surface area contributed by atoms with Crippen molar-refractivity contribution in [3.63, 3.8) is 0 Å². The van der Waals surface area contributed by atoms with Crippen LogP contribution in [0.4, 0.5) is 11.4 Å². The van der Waals surface area contributed by atoms with Gasteiger partial charge >= 0.3 is 0 Å². The SMILES string of the molecule is CC(Nc1ccc(C(=O)NC2CC2)cc1)C(=O)Nc1cccc(S(=O)(=O)N(C)C)c1. The van der Waals surface area contributed by atoms with Crippen molar-refractivity contribution in [2.75, 3.05) is 24.7 Å². The van der Waals surface area contributed by atoms with Gasteiger partial charge in [0, 0.05) is 37.1 Å². The van der Waals surface area contributed by atoms with Crippen molar-refractivity contribution in [3.8, 4) is 0 Å². The van der Waals surface area contributed by atoms with Gasteiger partial charge in [-0.1, -0.05) is 6.07 Å². The van der Waals surface area contributed by atoms with E-state index in [0.29, 0.717) is 23.0 Å². The van der Waals surface area contributed by atoms with E-state index < -0.39 is 16.1 Å². The lowest BCUT2D eigenvalue weighted by Crippen LogP contribution is -2.32. The summed E-state index contributed by atoms with van der Waals surface area (Å²) in [6.07, 6.45) is 2.06. The summed E-state index contributed by atoms with van der Waals surface area (Å²) in [7, 11) is -0.682. The van der Waals surface area contributed by atoms with Crippen LogP contribution in [-0.2, 0) is 14.8 Å². The topological polar surface area (TPSA) is 108 Å².